The van der Waals surface area contributed by atoms with Crippen molar-refractivity contribution in [2.24, 2.45) is 0 Å². The van der Waals surface area contributed by atoms with E-state index in [1.54, 1.807) is 23.1 Å². The van der Waals surface area contributed by atoms with Gasteiger partial charge in [-0.15, -0.1) is 0 Å². The van der Waals surface area contributed by atoms with Crippen LogP contribution in [-0.4, -0.2) is 70.0 Å². The Bertz CT molecular complexity index is 1240. The second-order valence-electron chi connectivity index (χ2n) is 8.73. The summed E-state index contributed by atoms with van der Waals surface area (Å²) in [5, 5.41) is 1.50. The Balaban J connectivity index is 1.57. The second-order valence-corrected chi connectivity index (χ2v) is 10.4. The molecule has 0 spiro atoms. The molecule has 180 valence electrons. The van der Waals surface area contributed by atoms with Crippen LogP contribution in [0.3, 0.4) is 0 Å². The zero-order valence-electron chi connectivity index (χ0n) is 19.6. The molecule has 1 aliphatic heterocycles. The molecule has 3 aromatic carbocycles. The fourth-order valence-corrected chi connectivity index (χ4v) is 5.56. The summed E-state index contributed by atoms with van der Waals surface area (Å²) in [5.41, 5.74) is 1.95. The van der Waals surface area contributed by atoms with Crippen molar-refractivity contribution in [2.75, 3.05) is 39.8 Å². The normalized spacial score (nSPS) is 16.0. The predicted octanol–water partition coefficient (Wildman–Crippen LogP) is 2.79. The predicted molar refractivity (Wildman–Crippen MR) is 133 cm³/mol. The Morgan fingerprint density at radius 3 is 2.29 bits per heavy atom. The van der Waals surface area contributed by atoms with Crippen molar-refractivity contribution in [1.82, 2.24) is 14.5 Å². The molecule has 3 aromatic rings. The molecule has 1 amide bonds. The number of hydrogen-bond acceptors (Lipinski definition) is 5. The second kappa shape index (κ2) is 10.7. The summed E-state index contributed by atoms with van der Waals surface area (Å²) in [5.74, 6) is -0.263. The van der Waals surface area contributed by atoms with Gasteiger partial charge in [0.25, 0.3) is 0 Å². The van der Waals surface area contributed by atoms with E-state index in [1.165, 1.54) is 0 Å². The molecule has 4 rings (SSSR count). The van der Waals surface area contributed by atoms with Gasteiger partial charge in [-0.3, -0.25) is 4.79 Å². The van der Waals surface area contributed by atoms with Crippen molar-refractivity contribution in [3.8, 4) is 0 Å². The molecule has 7 nitrogen and oxygen atoms in total. The molecule has 0 aromatic heterocycles. The van der Waals surface area contributed by atoms with Crippen LogP contribution in [0.15, 0.2) is 71.6 Å². The summed E-state index contributed by atoms with van der Waals surface area (Å²) in [4.78, 5) is 17.4. The summed E-state index contributed by atoms with van der Waals surface area (Å²) < 4.78 is 35.5. The highest BCUT2D eigenvalue weighted by Crippen LogP contribution is 2.26. The molecule has 1 atom stereocenters. The van der Waals surface area contributed by atoms with Crippen LogP contribution in [0.25, 0.3) is 10.8 Å². The van der Waals surface area contributed by atoms with E-state index in [2.05, 4.69) is 9.62 Å². The highest BCUT2D eigenvalue weighted by Gasteiger charge is 2.31. The first-order valence-electron chi connectivity index (χ1n) is 11.4. The number of nitrogens with one attached hydrogen (secondary N) is 1. The van der Waals surface area contributed by atoms with Crippen LogP contribution < -0.4 is 4.72 Å². The van der Waals surface area contributed by atoms with Crippen molar-refractivity contribution in [3.63, 3.8) is 0 Å². The number of nitrogens with zero attached hydrogens (tertiary/aromatic N) is 2. The Morgan fingerprint density at radius 1 is 0.941 bits per heavy atom. The van der Waals surface area contributed by atoms with E-state index in [9.17, 15) is 13.2 Å². The highest BCUT2D eigenvalue weighted by molar-refractivity contribution is 7.89. The maximum absolute atomic E-state index is 13.5. The number of likely N-dealkylation sites (N-methyl/N-ethyl adjacent to an activating group) is 1. The molecular formula is C26H31N3O4S. The van der Waals surface area contributed by atoms with E-state index in [-0.39, 0.29) is 17.4 Å². The van der Waals surface area contributed by atoms with Gasteiger partial charge in [0.1, 0.15) is 6.04 Å². The SMILES string of the molecule is Cc1ccc(S(=O)(=O)N[C@@H](COCc2ccccc2)C(=O)N2CCN(C)CC2)c2ccccc12. The summed E-state index contributed by atoms with van der Waals surface area (Å²) >= 11 is 0. The van der Waals surface area contributed by atoms with Crippen molar-refractivity contribution in [3.05, 3.63) is 77.9 Å². The molecular weight excluding hydrogens is 450 g/mol. The number of piperazine rings is 1. The summed E-state index contributed by atoms with van der Waals surface area (Å²) in [7, 11) is -1.97. The van der Waals surface area contributed by atoms with Gasteiger partial charge in [-0.25, -0.2) is 8.42 Å². The van der Waals surface area contributed by atoms with Gasteiger partial charge in [-0.1, -0.05) is 60.7 Å². The maximum atomic E-state index is 13.5. The van der Waals surface area contributed by atoms with Crippen LogP contribution in [-0.2, 0) is 26.2 Å². The number of amides is 1. The molecule has 8 heteroatoms. The lowest BCUT2D eigenvalue weighted by molar-refractivity contribution is -0.136. The third-order valence-electron chi connectivity index (χ3n) is 6.20. The highest BCUT2D eigenvalue weighted by atomic mass is 32.2. The Labute approximate surface area is 201 Å². The van der Waals surface area contributed by atoms with Gasteiger partial charge in [-0.2, -0.15) is 4.72 Å². The minimum atomic E-state index is -3.98. The number of sulfonamides is 1. The molecule has 1 aliphatic rings. The Hall–Kier alpha value is -2.78. The average Bonchev–Trinajstić information content (AvgIpc) is 2.84. The monoisotopic (exact) mass is 481 g/mol. The van der Waals surface area contributed by atoms with Gasteiger partial charge in [0, 0.05) is 31.6 Å². The molecule has 0 radical (unpaired) electrons. The summed E-state index contributed by atoms with van der Waals surface area (Å²) in [6, 6.07) is 19.4. The van der Waals surface area contributed by atoms with E-state index in [0.29, 0.717) is 25.1 Å². The molecule has 1 heterocycles. The molecule has 0 unspecified atom stereocenters. The number of fused-ring (bicyclic) bond motifs is 1. The van der Waals surface area contributed by atoms with Crippen LogP contribution in [0.2, 0.25) is 0 Å². The summed E-state index contributed by atoms with van der Waals surface area (Å²) in [6.45, 7) is 4.80. The first-order chi connectivity index (χ1) is 16.3. The van der Waals surface area contributed by atoms with E-state index in [1.807, 2.05) is 62.5 Å². The lowest BCUT2D eigenvalue weighted by Gasteiger charge is -2.34. The van der Waals surface area contributed by atoms with E-state index >= 15 is 0 Å². The number of carbonyl (C=O) groups excluding carboxylic acids is 1. The average molecular weight is 482 g/mol. The van der Waals surface area contributed by atoms with Gasteiger partial charge in [0.05, 0.1) is 18.1 Å². The first-order valence-corrected chi connectivity index (χ1v) is 12.9. The van der Waals surface area contributed by atoms with Crippen molar-refractivity contribution >= 4 is 26.7 Å². The van der Waals surface area contributed by atoms with Crippen LogP contribution >= 0.6 is 0 Å². The number of hydrogen-bond donors (Lipinski definition) is 1. The zero-order valence-corrected chi connectivity index (χ0v) is 20.4. The quantitative estimate of drug-likeness (QED) is 0.535. The smallest absolute Gasteiger partial charge is 0.243 e. The number of aryl methyl sites for hydroxylation is 1. The van der Waals surface area contributed by atoms with Gasteiger partial charge < -0.3 is 14.5 Å². The minimum Gasteiger partial charge on any atom is -0.375 e. The Morgan fingerprint density at radius 2 is 1.59 bits per heavy atom. The van der Waals surface area contributed by atoms with Gasteiger partial charge in [0.15, 0.2) is 0 Å². The van der Waals surface area contributed by atoms with Crippen LogP contribution in [0.4, 0.5) is 0 Å². The van der Waals surface area contributed by atoms with Gasteiger partial charge in [-0.05, 0) is 36.6 Å². The Kier molecular flexibility index (Phi) is 7.63. The fourth-order valence-electron chi connectivity index (χ4n) is 4.18. The van der Waals surface area contributed by atoms with Crippen LogP contribution in [0.1, 0.15) is 11.1 Å². The lowest BCUT2D eigenvalue weighted by atomic mass is 10.1. The summed E-state index contributed by atoms with van der Waals surface area (Å²) in [6.07, 6.45) is 0. The van der Waals surface area contributed by atoms with Crippen molar-refractivity contribution in [2.45, 2.75) is 24.5 Å². The standard InChI is InChI=1S/C26H31N3O4S/c1-20-12-13-25(23-11-7-6-10-22(20)23)34(31,32)27-24(19-33-18-21-8-4-3-5-9-21)26(30)29-16-14-28(2)15-17-29/h3-13,24,27H,14-19H2,1-2H3/t24-/m0/s1. The maximum Gasteiger partial charge on any atom is 0.243 e. The van der Waals surface area contributed by atoms with E-state index < -0.39 is 16.1 Å². The van der Waals surface area contributed by atoms with Crippen LogP contribution in [0.5, 0.6) is 0 Å². The number of ether oxygens (including phenoxy) is 1. The van der Waals surface area contributed by atoms with E-state index in [0.717, 1.165) is 29.6 Å². The van der Waals surface area contributed by atoms with Gasteiger partial charge >= 0.3 is 0 Å². The molecule has 1 fully saturated rings. The molecule has 1 saturated heterocycles. The molecule has 0 saturated carbocycles. The fraction of sp³-hybridized carbons (Fsp3) is 0.346. The lowest BCUT2D eigenvalue weighted by Crippen LogP contribution is -2.55. The molecule has 0 aliphatic carbocycles. The number of rotatable bonds is 8. The van der Waals surface area contributed by atoms with Crippen molar-refractivity contribution < 1.29 is 17.9 Å². The first kappa shape index (κ1) is 24.3. The largest absolute Gasteiger partial charge is 0.375 e. The van der Waals surface area contributed by atoms with Crippen LogP contribution in [0, 0.1) is 6.92 Å². The zero-order chi connectivity index (χ0) is 24.1. The molecule has 34 heavy (non-hydrogen) atoms. The third-order valence-corrected chi connectivity index (χ3v) is 7.73. The minimum absolute atomic E-state index is 0.0525. The number of carbonyl (C=O) groups is 1. The third kappa shape index (κ3) is 5.64. The van der Waals surface area contributed by atoms with Crippen molar-refractivity contribution in [1.29, 1.82) is 0 Å². The van der Waals surface area contributed by atoms with Gasteiger partial charge in [0.2, 0.25) is 15.9 Å². The van der Waals surface area contributed by atoms with E-state index in [4.69, 9.17) is 4.74 Å². The molecule has 0 bridgehead atoms. The molecule has 1 N–H and O–H groups in total. The number of benzene rings is 3. The topological polar surface area (TPSA) is 78.9 Å².